The number of hydrogen-bond acceptors (Lipinski definition) is 3. The van der Waals surface area contributed by atoms with Gasteiger partial charge < -0.3 is 10.1 Å². The molecule has 0 unspecified atom stereocenters. The van der Waals surface area contributed by atoms with Crippen LogP contribution < -0.4 is 10.1 Å². The molecule has 3 nitrogen and oxygen atoms in total. The van der Waals surface area contributed by atoms with E-state index in [9.17, 15) is 8.78 Å². The average molecular weight is 397 g/mol. The number of rotatable bonds is 5. The van der Waals surface area contributed by atoms with Gasteiger partial charge in [0.15, 0.2) is 0 Å². The van der Waals surface area contributed by atoms with E-state index in [0.717, 1.165) is 31.7 Å². The third kappa shape index (κ3) is 5.95. The summed E-state index contributed by atoms with van der Waals surface area (Å²) in [5, 5.41) is 3.38. The summed E-state index contributed by atoms with van der Waals surface area (Å²) in [5.41, 5.74) is 0.932. The Labute approximate surface area is 161 Å². The molecule has 1 N–H and O–H groups in total. The van der Waals surface area contributed by atoms with Crippen LogP contribution in [0.2, 0.25) is 0 Å². The molecule has 1 saturated carbocycles. The van der Waals surface area contributed by atoms with Gasteiger partial charge in [0.1, 0.15) is 5.75 Å². The van der Waals surface area contributed by atoms with Crippen LogP contribution >= 0.6 is 24.8 Å². The van der Waals surface area contributed by atoms with Gasteiger partial charge >= 0.3 is 6.61 Å². The predicted octanol–water partition coefficient (Wildman–Crippen LogP) is 4.66. The molecule has 3 rings (SSSR count). The zero-order chi connectivity index (χ0) is 16.1. The maximum Gasteiger partial charge on any atom is 0.387 e. The highest BCUT2D eigenvalue weighted by Gasteiger charge is 2.33. The minimum atomic E-state index is -2.77. The van der Waals surface area contributed by atoms with E-state index in [1.165, 1.54) is 32.1 Å². The Morgan fingerprint density at radius 2 is 1.64 bits per heavy atom. The van der Waals surface area contributed by atoms with Gasteiger partial charge in [-0.25, -0.2) is 0 Å². The van der Waals surface area contributed by atoms with E-state index < -0.39 is 6.61 Å². The van der Waals surface area contributed by atoms with Crippen LogP contribution in [0.4, 0.5) is 8.78 Å². The summed E-state index contributed by atoms with van der Waals surface area (Å²) in [6, 6.07) is 7.55. The summed E-state index contributed by atoms with van der Waals surface area (Å²) < 4.78 is 30.4. The van der Waals surface area contributed by atoms with E-state index >= 15 is 0 Å². The summed E-state index contributed by atoms with van der Waals surface area (Å²) in [7, 11) is 0. The van der Waals surface area contributed by atoms with Crippen molar-refractivity contribution in [1.29, 1.82) is 0 Å². The third-order valence-corrected chi connectivity index (χ3v) is 5.10. The lowest BCUT2D eigenvalue weighted by molar-refractivity contribution is -0.0518. The van der Waals surface area contributed by atoms with E-state index in [1.807, 2.05) is 12.1 Å². The minimum Gasteiger partial charge on any atom is -0.434 e. The van der Waals surface area contributed by atoms with Gasteiger partial charge in [-0.2, -0.15) is 8.78 Å². The molecule has 7 heteroatoms. The molecule has 1 aliphatic carbocycles. The van der Waals surface area contributed by atoms with Crippen LogP contribution in [0.3, 0.4) is 0 Å². The first-order valence-corrected chi connectivity index (χ1v) is 8.74. The number of ether oxygens (including phenoxy) is 1. The molecule has 0 bridgehead atoms. The quantitative estimate of drug-likeness (QED) is 0.782. The smallest absolute Gasteiger partial charge is 0.387 e. The first-order chi connectivity index (χ1) is 11.3. The Hall–Kier alpha value is -0.620. The molecule has 1 aromatic rings. The summed E-state index contributed by atoms with van der Waals surface area (Å²) in [6.07, 6.45) is 6.13. The zero-order valence-electron chi connectivity index (χ0n) is 14.3. The highest BCUT2D eigenvalue weighted by atomic mass is 35.5. The predicted molar refractivity (Wildman–Crippen MR) is 101 cm³/mol. The molecule has 2 fully saturated rings. The summed E-state index contributed by atoms with van der Waals surface area (Å²) in [5.74, 6) is 0.876. The second-order valence-corrected chi connectivity index (χ2v) is 6.55. The number of nitrogens with one attached hydrogen (secondary N) is 1. The van der Waals surface area contributed by atoms with Crippen molar-refractivity contribution in [3.8, 4) is 5.75 Å². The van der Waals surface area contributed by atoms with E-state index in [0.29, 0.717) is 11.7 Å². The van der Waals surface area contributed by atoms with Crippen molar-refractivity contribution >= 4 is 24.8 Å². The molecule has 0 amide bonds. The van der Waals surface area contributed by atoms with Gasteiger partial charge in [0, 0.05) is 37.8 Å². The second-order valence-electron chi connectivity index (χ2n) is 6.55. The number of piperazine rings is 1. The van der Waals surface area contributed by atoms with Gasteiger partial charge in [0.2, 0.25) is 0 Å². The molecule has 144 valence electrons. The second kappa shape index (κ2) is 11.2. The highest BCUT2D eigenvalue weighted by molar-refractivity contribution is 5.85. The standard InChI is InChI=1S/C18H26F2N2O.2ClH/c19-18(20)23-16-9-5-4-8-15(16)17(14-6-2-1-3-7-14)22-12-10-21-11-13-22;;/h4-5,8-9,14,17-18,21H,1-3,6-7,10-13H2;2*1H/t17-;;/m1../s1. The van der Waals surface area contributed by atoms with Crippen LogP contribution in [-0.2, 0) is 0 Å². The Balaban J connectivity index is 0.00000156. The molecule has 1 saturated heterocycles. The molecular formula is C18H28Cl2F2N2O. The van der Waals surface area contributed by atoms with Crippen molar-refractivity contribution in [2.24, 2.45) is 5.92 Å². The normalized spacial score (nSPS) is 20.4. The summed E-state index contributed by atoms with van der Waals surface area (Å²) in [4.78, 5) is 2.46. The van der Waals surface area contributed by atoms with Gasteiger partial charge in [0.05, 0.1) is 0 Å². The first kappa shape index (κ1) is 22.4. The summed E-state index contributed by atoms with van der Waals surface area (Å²) in [6.45, 7) is 1.07. The van der Waals surface area contributed by atoms with Crippen molar-refractivity contribution in [3.63, 3.8) is 0 Å². The fourth-order valence-corrected chi connectivity index (χ4v) is 4.09. The van der Waals surface area contributed by atoms with Crippen LogP contribution in [0.1, 0.15) is 43.7 Å². The molecule has 25 heavy (non-hydrogen) atoms. The van der Waals surface area contributed by atoms with Gasteiger partial charge in [-0.05, 0) is 24.8 Å². The lowest BCUT2D eigenvalue weighted by Crippen LogP contribution is -2.47. The molecule has 2 aliphatic rings. The molecule has 1 atom stereocenters. The Kier molecular flexibility index (Phi) is 10.0. The molecule has 0 radical (unpaired) electrons. The van der Waals surface area contributed by atoms with E-state index in [-0.39, 0.29) is 30.9 Å². The van der Waals surface area contributed by atoms with Crippen molar-refractivity contribution in [1.82, 2.24) is 10.2 Å². The number of nitrogens with zero attached hydrogens (tertiary/aromatic N) is 1. The van der Waals surface area contributed by atoms with Crippen LogP contribution in [0, 0.1) is 5.92 Å². The maximum atomic E-state index is 12.8. The number of halogens is 4. The molecule has 1 aliphatic heterocycles. The lowest BCUT2D eigenvalue weighted by Gasteiger charge is -2.41. The number of benzene rings is 1. The van der Waals surface area contributed by atoms with Gasteiger partial charge in [-0.3, -0.25) is 4.90 Å². The molecule has 1 heterocycles. The van der Waals surface area contributed by atoms with Crippen molar-refractivity contribution in [3.05, 3.63) is 29.8 Å². The highest BCUT2D eigenvalue weighted by Crippen LogP contribution is 2.42. The Morgan fingerprint density at radius 1 is 1.00 bits per heavy atom. The minimum absolute atomic E-state index is 0. The number of para-hydroxylation sites is 1. The number of alkyl halides is 2. The number of hydrogen-bond donors (Lipinski definition) is 1. The summed E-state index contributed by atoms with van der Waals surface area (Å²) >= 11 is 0. The molecule has 0 aromatic heterocycles. The average Bonchev–Trinajstić information content (AvgIpc) is 2.58. The van der Waals surface area contributed by atoms with Gasteiger partial charge in [-0.1, -0.05) is 37.5 Å². The topological polar surface area (TPSA) is 24.5 Å². The Bertz CT molecular complexity index is 478. The van der Waals surface area contributed by atoms with Crippen molar-refractivity contribution < 1.29 is 13.5 Å². The van der Waals surface area contributed by atoms with E-state index in [1.54, 1.807) is 12.1 Å². The molecular weight excluding hydrogens is 369 g/mol. The van der Waals surface area contributed by atoms with Crippen LogP contribution in [0.15, 0.2) is 24.3 Å². The first-order valence-electron chi connectivity index (χ1n) is 8.74. The Morgan fingerprint density at radius 3 is 2.28 bits per heavy atom. The van der Waals surface area contributed by atoms with E-state index in [4.69, 9.17) is 4.74 Å². The maximum absolute atomic E-state index is 12.8. The molecule has 0 spiro atoms. The van der Waals surface area contributed by atoms with Crippen LogP contribution in [0.25, 0.3) is 0 Å². The largest absolute Gasteiger partial charge is 0.434 e. The zero-order valence-corrected chi connectivity index (χ0v) is 16.0. The molecule has 1 aromatic carbocycles. The SMILES string of the molecule is Cl.Cl.FC(F)Oc1ccccc1[C@@H](C1CCCCC1)N1CCNCC1. The van der Waals surface area contributed by atoms with Crippen molar-refractivity contribution in [2.45, 2.75) is 44.8 Å². The van der Waals surface area contributed by atoms with Crippen LogP contribution in [0.5, 0.6) is 5.75 Å². The third-order valence-electron chi connectivity index (χ3n) is 5.10. The van der Waals surface area contributed by atoms with Crippen molar-refractivity contribution in [2.75, 3.05) is 26.2 Å². The van der Waals surface area contributed by atoms with E-state index in [2.05, 4.69) is 10.2 Å². The van der Waals surface area contributed by atoms with Crippen LogP contribution in [-0.4, -0.2) is 37.7 Å². The lowest BCUT2D eigenvalue weighted by atomic mass is 9.80. The monoisotopic (exact) mass is 396 g/mol. The fraction of sp³-hybridized carbons (Fsp3) is 0.667. The fourth-order valence-electron chi connectivity index (χ4n) is 4.09. The van der Waals surface area contributed by atoms with Gasteiger partial charge in [-0.15, -0.1) is 24.8 Å². The van der Waals surface area contributed by atoms with Gasteiger partial charge in [0.25, 0.3) is 0 Å².